The van der Waals surface area contributed by atoms with Crippen LogP contribution >= 0.6 is 12.2 Å². The highest BCUT2D eigenvalue weighted by Crippen LogP contribution is 2.20. The standard InChI is InChI=1S/C15H14N4OS/c1-20-11-4-2-10(3-5-11)7-19-8-13(14(16)21)12-6-17-9-18-15(12)19/h2-6,8-9H,7H2,1H3,(H2,16,21). The van der Waals surface area contributed by atoms with Gasteiger partial charge in [-0.05, 0) is 17.7 Å². The molecule has 0 unspecified atom stereocenters. The van der Waals surface area contributed by atoms with E-state index in [2.05, 4.69) is 9.97 Å². The van der Waals surface area contributed by atoms with Gasteiger partial charge in [0.25, 0.3) is 0 Å². The molecule has 0 bridgehead atoms. The van der Waals surface area contributed by atoms with Crippen LogP contribution in [0.5, 0.6) is 5.75 Å². The summed E-state index contributed by atoms with van der Waals surface area (Å²) in [6.45, 7) is 0.681. The van der Waals surface area contributed by atoms with Gasteiger partial charge in [0.1, 0.15) is 22.7 Å². The van der Waals surface area contributed by atoms with Gasteiger partial charge in [0.05, 0.1) is 7.11 Å². The summed E-state index contributed by atoms with van der Waals surface area (Å²) in [6, 6.07) is 7.91. The molecule has 3 rings (SSSR count). The van der Waals surface area contributed by atoms with Gasteiger partial charge in [-0.2, -0.15) is 0 Å². The quantitative estimate of drug-likeness (QED) is 0.747. The largest absolute Gasteiger partial charge is 0.497 e. The topological polar surface area (TPSA) is 66.0 Å². The van der Waals surface area contributed by atoms with Gasteiger partial charge in [-0.1, -0.05) is 24.4 Å². The lowest BCUT2D eigenvalue weighted by Gasteiger charge is -2.06. The first-order valence-corrected chi connectivity index (χ1v) is 6.81. The molecule has 1 aromatic carbocycles. The molecule has 106 valence electrons. The average molecular weight is 298 g/mol. The summed E-state index contributed by atoms with van der Waals surface area (Å²) in [6.07, 6.45) is 5.18. The minimum Gasteiger partial charge on any atom is -0.497 e. The maximum atomic E-state index is 5.77. The molecule has 3 aromatic rings. The minimum absolute atomic E-state index is 0.350. The van der Waals surface area contributed by atoms with E-state index in [1.165, 1.54) is 6.33 Å². The molecule has 0 spiro atoms. The molecule has 0 aliphatic heterocycles. The molecule has 0 saturated carbocycles. The number of fused-ring (bicyclic) bond motifs is 1. The van der Waals surface area contributed by atoms with Crippen LogP contribution in [-0.2, 0) is 6.54 Å². The van der Waals surface area contributed by atoms with Gasteiger partial charge in [0.15, 0.2) is 0 Å². The molecule has 2 heterocycles. The molecule has 0 aliphatic carbocycles. The van der Waals surface area contributed by atoms with Crippen LogP contribution in [0.2, 0.25) is 0 Å². The number of benzene rings is 1. The zero-order chi connectivity index (χ0) is 14.8. The van der Waals surface area contributed by atoms with Crippen molar-refractivity contribution in [1.29, 1.82) is 0 Å². The van der Waals surface area contributed by atoms with E-state index in [1.807, 2.05) is 35.0 Å². The highest BCUT2D eigenvalue weighted by atomic mass is 32.1. The van der Waals surface area contributed by atoms with E-state index in [4.69, 9.17) is 22.7 Å². The zero-order valence-corrected chi connectivity index (χ0v) is 12.3. The number of rotatable bonds is 4. The maximum absolute atomic E-state index is 5.77. The summed E-state index contributed by atoms with van der Waals surface area (Å²) in [5.74, 6) is 0.835. The summed E-state index contributed by atoms with van der Waals surface area (Å²) in [5.41, 5.74) is 8.53. The third kappa shape index (κ3) is 2.57. The first kappa shape index (κ1) is 13.5. The van der Waals surface area contributed by atoms with E-state index in [0.29, 0.717) is 11.5 Å². The van der Waals surface area contributed by atoms with Crippen LogP contribution in [-0.4, -0.2) is 26.6 Å². The molecule has 0 atom stereocenters. The van der Waals surface area contributed by atoms with E-state index < -0.39 is 0 Å². The van der Waals surface area contributed by atoms with Crippen LogP contribution in [0.25, 0.3) is 11.0 Å². The molecule has 6 heteroatoms. The first-order valence-electron chi connectivity index (χ1n) is 6.40. The van der Waals surface area contributed by atoms with Crippen LogP contribution in [0, 0.1) is 0 Å². The van der Waals surface area contributed by atoms with Crippen molar-refractivity contribution in [2.75, 3.05) is 7.11 Å². The Kier molecular flexibility index (Phi) is 3.53. The molecule has 0 saturated heterocycles. The van der Waals surface area contributed by atoms with Crippen LogP contribution in [0.15, 0.2) is 43.0 Å². The van der Waals surface area contributed by atoms with Crippen molar-refractivity contribution in [2.24, 2.45) is 5.73 Å². The molecule has 0 radical (unpaired) electrons. The fraction of sp³-hybridized carbons (Fsp3) is 0.133. The van der Waals surface area contributed by atoms with E-state index in [-0.39, 0.29) is 0 Å². The number of thiocarbonyl (C=S) groups is 1. The Bertz CT molecular complexity index is 795. The Balaban J connectivity index is 2.01. The molecular weight excluding hydrogens is 284 g/mol. The Morgan fingerprint density at radius 1 is 1.33 bits per heavy atom. The lowest BCUT2D eigenvalue weighted by molar-refractivity contribution is 0.414. The summed E-state index contributed by atoms with van der Waals surface area (Å²) in [4.78, 5) is 8.72. The molecule has 2 N–H and O–H groups in total. The first-order chi connectivity index (χ1) is 10.2. The van der Waals surface area contributed by atoms with Crippen LogP contribution in [0.1, 0.15) is 11.1 Å². The second-order valence-corrected chi connectivity index (χ2v) is 5.08. The van der Waals surface area contributed by atoms with Gasteiger partial charge < -0.3 is 15.0 Å². The van der Waals surface area contributed by atoms with Gasteiger partial charge in [-0.3, -0.25) is 0 Å². The van der Waals surface area contributed by atoms with Crippen molar-refractivity contribution in [3.63, 3.8) is 0 Å². The molecule has 5 nitrogen and oxygen atoms in total. The number of nitrogens with zero attached hydrogens (tertiary/aromatic N) is 3. The van der Waals surface area contributed by atoms with Gasteiger partial charge in [0, 0.05) is 29.9 Å². The van der Waals surface area contributed by atoms with Gasteiger partial charge >= 0.3 is 0 Å². The lowest BCUT2D eigenvalue weighted by atomic mass is 10.2. The Labute approximate surface area is 127 Å². The number of aromatic nitrogens is 3. The molecule has 0 fully saturated rings. The third-order valence-corrected chi connectivity index (χ3v) is 3.54. The maximum Gasteiger partial charge on any atom is 0.144 e. The number of nitrogens with two attached hydrogens (primary N) is 1. The van der Waals surface area contributed by atoms with Crippen LogP contribution in [0.3, 0.4) is 0 Å². The second kappa shape index (κ2) is 5.49. The number of ether oxygens (including phenoxy) is 1. The Hall–Kier alpha value is -2.47. The molecule has 2 aromatic heterocycles. The summed E-state index contributed by atoms with van der Waals surface area (Å²) in [5, 5.41) is 0.874. The molecule has 0 amide bonds. The number of hydrogen-bond donors (Lipinski definition) is 1. The number of hydrogen-bond acceptors (Lipinski definition) is 4. The van der Waals surface area contributed by atoms with Crippen molar-refractivity contribution in [3.05, 3.63) is 54.1 Å². The fourth-order valence-electron chi connectivity index (χ4n) is 2.27. The monoisotopic (exact) mass is 298 g/mol. The normalized spacial score (nSPS) is 10.7. The third-order valence-electron chi connectivity index (χ3n) is 3.32. The molecular formula is C15H14N4OS. The second-order valence-electron chi connectivity index (χ2n) is 4.64. The summed E-state index contributed by atoms with van der Waals surface area (Å²) < 4.78 is 7.19. The van der Waals surface area contributed by atoms with Crippen LogP contribution < -0.4 is 10.5 Å². The van der Waals surface area contributed by atoms with Crippen molar-refractivity contribution in [1.82, 2.24) is 14.5 Å². The van der Waals surface area contributed by atoms with Gasteiger partial charge in [-0.15, -0.1) is 0 Å². The lowest BCUT2D eigenvalue weighted by Crippen LogP contribution is -2.08. The van der Waals surface area contributed by atoms with Gasteiger partial charge in [-0.25, -0.2) is 9.97 Å². The number of methoxy groups -OCH3 is 1. The zero-order valence-electron chi connectivity index (χ0n) is 11.5. The predicted molar refractivity (Wildman–Crippen MR) is 85.5 cm³/mol. The summed E-state index contributed by atoms with van der Waals surface area (Å²) in [7, 11) is 1.65. The van der Waals surface area contributed by atoms with E-state index in [0.717, 1.165) is 27.9 Å². The van der Waals surface area contributed by atoms with Gasteiger partial charge in [0.2, 0.25) is 0 Å². The van der Waals surface area contributed by atoms with E-state index in [1.54, 1.807) is 13.3 Å². The molecule has 0 aliphatic rings. The van der Waals surface area contributed by atoms with E-state index >= 15 is 0 Å². The van der Waals surface area contributed by atoms with Crippen molar-refractivity contribution in [2.45, 2.75) is 6.54 Å². The smallest absolute Gasteiger partial charge is 0.144 e. The minimum atomic E-state index is 0.350. The van der Waals surface area contributed by atoms with Crippen molar-refractivity contribution < 1.29 is 4.74 Å². The SMILES string of the molecule is COc1ccc(Cn2cc(C(N)=S)c3cncnc32)cc1. The van der Waals surface area contributed by atoms with Crippen molar-refractivity contribution in [3.8, 4) is 5.75 Å². The molecule has 21 heavy (non-hydrogen) atoms. The average Bonchev–Trinajstić information content (AvgIpc) is 2.87. The Morgan fingerprint density at radius 3 is 2.76 bits per heavy atom. The van der Waals surface area contributed by atoms with Crippen molar-refractivity contribution >= 4 is 28.2 Å². The Morgan fingerprint density at radius 2 is 2.10 bits per heavy atom. The highest BCUT2D eigenvalue weighted by molar-refractivity contribution is 7.80. The summed E-state index contributed by atoms with van der Waals surface area (Å²) >= 11 is 5.09. The fourth-order valence-corrected chi connectivity index (χ4v) is 2.44. The van der Waals surface area contributed by atoms with Crippen LogP contribution in [0.4, 0.5) is 0 Å². The predicted octanol–water partition coefficient (Wildman–Crippen LogP) is 2.12. The van der Waals surface area contributed by atoms with E-state index in [9.17, 15) is 0 Å². The highest BCUT2D eigenvalue weighted by Gasteiger charge is 2.11.